The van der Waals surface area contributed by atoms with E-state index >= 15 is 0 Å². The molecule has 1 saturated carbocycles. The number of likely N-dealkylation sites (N-methyl/N-ethyl adjacent to an activating group) is 1. The molecule has 0 heterocycles. The Morgan fingerprint density at radius 2 is 1.94 bits per heavy atom. The summed E-state index contributed by atoms with van der Waals surface area (Å²) in [5.41, 5.74) is 1.13. The number of nitrogens with zero attached hydrogens (tertiary/aromatic N) is 1. The zero-order valence-corrected chi connectivity index (χ0v) is 9.89. The second-order valence-corrected chi connectivity index (χ2v) is 4.37. The van der Waals surface area contributed by atoms with Crippen LogP contribution in [-0.2, 0) is 0 Å². The van der Waals surface area contributed by atoms with Gasteiger partial charge in [0.15, 0.2) is 0 Å². The third-order valence-electron chi connectivity index (χ3n) is 3.42. The first-order valence-electron chi connectivity index (χ1n) is 5.77. The fraction of sp³-hybridized carbons (Fsp3) is 0.538. The van der Waals surface area contributed by atoms with Gasteiger partial charge in [0.1, 0.15) is 5.75 Å². The molecule has 2 atom stereocenters. The molecule has 0 aromatic heterocycles. The van der Waals surface area contributed by atoms with E-state index < -0.39 is 0 Å². The van der Waals surface area contributed by atoms with E-state index in [9.17, 15) is 5.11 Å². The molecule has 1 aromatic carbocycles. The zero-order chi connectivity index (χ0) is 11.5. The van der Waals surface area contributed by atoms with Crippen LogP contribution in [0.4, 0.5) is 5.69 Å². The van der Waals surface area contributed by atoms with Crippen molar-refractivity contribution in [3.05, 3.63) is 24.3 Å². The first-order valence-corrected chi connectivity index (χ1v) is 5.77. The minimum Gasteiger partial charge on any atom is -0.497 e. The van der Waals surface area contributed by atoms with Crippen LogP contribution in [0.2, 0.25) is 0 Å². The van der Waals surface area contributed by atoms with E-state index in [4.69, 9.17) is 4.74 Å². The summed E-state index contributed by atoms with van der Waals surface area (Å²) < 4.78 is 5.13. The summed E-state index contributed by atoms with van der Waals surface area (Å²) >= 11 is 0. The number of benzene rings is 1. The monoisotopic (exact) mass is 221 g/mol. The van der Waals surface area contributed by atoms with Crippen molar-refractivity contribution < 1.29 is 9.84 Å². The summed E-state index contributed by atoms with van der Waals surface area (Å²) in [6.07, 6.45) is 2.92. The molecule has 16 heavy (non-hydrogen) atoms. The molecule has 0 unspecified atom stereocenters. The molecule has 0 bridgehead atoms. The molecule has 0 radical (unpaired) electrons. The second-order valence-electron chi connectivity index (χ2n) is 4.37. The van der Waals surface area contributed by atoms with E-state index in [0.29, 0.717) is 0 Å². The fourth-order valence-electron chi connectivity index (χ4n) is 2.38. The van der Waals surface area contributed by atoms with Gasteiger partial charge in [-0.2, -0.15) is 0 Å². The Bertz CT molecular complexity index is 336. The Morgan fingerprint density at radius 3 is 2.44 bits per heavy atom. The van der Waals surface area contributed by atoms with Gasteiger partial charge in [-0.3, -0.25) is 0 Å². The SMILES string of the molecule is COc1ccc(N(C)[C@@H]2CCC[C@H]2O)cc1. The maximum atomic E-state index is 9.86. The quantitative estimate of drug-likeness (QED) is 0.848. The lowest BCUT2D eigenvalue weighted by Gasteiger charge is -2.29. The van der Waals surface area contributed by atoms with Gasteiger partial charge in [-0.25, -0.2) is 0 Å². The van der Waals surface area contributed by atoms with Gasteiger partial charge >= 0.3 is 0 Å². The van der Waals surface area contributed by atoms with Crippen molar-refractivity contribution in [1.29, 1.82) is 0 Å². The molecule has 0 spiro atoms. The van der Waals surface area contributed by atoms with Crippen molar-refractivity contribution in [2.75, 3.05) is 19.1 Å². The Balaban J connectivity index is 2.10. The number of hydrogen-bond acceptors (Lipinski definition) is 3. The van der Waals surface area contributed by atoms with Crippen LogP contribution in [-0.4, -0.2) is 31.4 Å². The van der Waals surface area contributed by atoms with Gasteiger partial charge in [0.25, 0.3) is 0 Å². The van der Waals surface area contributed by atoms with Gasteiger partial charge < -0.3 is 14.7 Å². The second kappa shape index (κ2) is 4.74. The molecule has 3 nitrogen and oxygen atoms in total. The number of anilines is 1. The number of aliphatic hydroxyl groups excluding tert-OH is 1. The van der Waals surface area contributed by atoms with Gasteiger partial charge in [0.05, 0.1) is 19.3 Å². The predicted octanol–water partition coefficient (Wildman–Crippen LogP) is 2.04. The van der Waals surface area contributed by atoms with Crippen LogP contribution in [0.15, 0.2) is 24.3 Å². The Kier molecular flexibility index (Phi) is 3.34. The maximum Gasteiger partial charge on any atom is 0.119 e. The molecule has 88 valence electrons. The number of hydrogen-bond donors (Lipinski definition) is 1. The highest BCUT2D eigenvalue weighted by atomic mass is 16.5. The predicted molar refractivity (Wildman–Crippen MR) is 65.0 cm³/mol. The highest BCUT2D eigenvalue weighted by Crippen LogP contribution is 2.28. The molecule has 3 heteroatoms. The molecule has 1 fully saturated rings. The molecule has 1 aliphatic rings. The summed E-state index contributed by atoms with van der Waals surface area (Å²) in [6.45, 7) is 0. The van der Waals surface area contributed by atoms with E-state index in [1.54, 1.807) is 7.11 Å². The van der Waals surface area contributed by atoms with Crippen molar-refractivity contribution >= 4 is 5.69 Å². The largest absolute Gasteiger partial charge is 0.497 e. The smallest absolute Gasteiger partial charge is 0.119 e. The van der Waals surface area contributed by atoms with Crippen LogP contribution in [0.1, 0.15) is 19.3 Å². The van der Waals surface area contributed by atoms with Crippen molar-refractivity contribution in [3.63, 3.8) is 0 Å². The van der Waals surface area contributed by atoms with Gasteiger partial charge in [-0.1, -0.05) is 0 Å². The summed E-state index contributed by atoms with van der Waals surface area (Å²) in [4.78, 5) is 2.16. The van der Waals surface area contributed by atoms with E-state index in [-0.39, 0.29) is 12.1 Å². The van der Waals surface area contributed by atoms with Crippen LogP contribution in [0, 0.1) is 0 Å². The minimum atomic E-state index is -0.188. The van der Waals surface area contributed by atoms with Crippen LogP contribution in [0.3, 0.4) is 0 Å². The first kappa shape index (κ1) is 11.3. The van der Waals surface area contributed by atoms with Crippen LogP contribution in [0.5, 0.6) is 5.75 Å². The molecule has 2 rings (SSSR count). The van der Waals surface area contributed by atoms with Gasteiger partial charge in [-0.15, -0.1) is 0 Å². The number of aliphatic hydroxyl groups is 1. The molecule has 1 N–H and O–H groups in total. The highest BCUT2D eigenvalue weighted by Gasteiger charge is 2.28. The standard InChI is InChI=1S/C13H19NO2/c1-14(12-4-3-5-13(12)15)10-6-8-11(16-2)9-7-10/h6-9,12-13,15H,3-5H2,1-2H3/t12-,13-/m1/s1. The lowest BCUT2D eigenvalue weighted by molar-refractivity contribution is 0.163. The summed E-state index contributed by atoms with van der Waals surface area (Å²) in [6, 6.07) is 8.22. The zero-order valence-electron chi connectivity index (χ0n) is 9.89. The Labute approximate surface area is 96.6 Å². The minimum absolute atomic E-state index is 0.188. The Hall–Kier alpha value is -1.22. The third kappa shape index (κ3) is 2.14. The lowest BCUT2D eigenvalue weighted by Crippen LogP contribution is -2.37. The normalized spacial score (nSPS) is 24.4. The van der Waals surface area contributed by atoms with E-state index in [0.717, 1.165) is 30.7 Å². The van der Waals surface area contributed by atoms with Crippen LogP contribution in [0.25, 0.3) is 0 Å². The molecule has 0 aliphatic heterocycles. The van der Waals surface area contributed by atoms with Gasteiger partial charge in [0, 0.05) is 12.7 Å². The van der Waals surface area contributed by atoms with Gasteiger partial charge in [0.2, 0.25) is 0 Å². The molecule has 0 amide bonds. The molecule has 1 aliphatic carbocycles. The number of rotatable bonds is 3. The number of ether oxygens (including phenoxy) is 1. The highest BCUT2D eigenvalue weighted by molar-refractivity contribution is 5.49. The lowest BCUT2D eigenvalue weighted by atomic mass is 10.1. The molecule has 0 saturated heterocycles. The van der Waals surface area contributed by atoms with Crippen molar-refractivity contribution in [1.82, 2.24) is 0 Å². The van der Waals surface area contributed by atoms with Crippen LogP contribution < -0.4 is 9.64 Å². The van der Waals surface area contributed by atoms with E-state index in [2.05, 4.69) is 4.90 Å². The molecule has 1 aromatic rings. The molecular formula is C13H19NO2. The van der Waals surface area contributed by atoms with Crippen molar-refractivity contribution in [3.8, 4) is 5.75 Å². The average Bonchev–Trinajstić information content (AvgIpc) is 2.75. The van der Waals surface area contributed by atoms with Gasteiger partial charge in [-0.05, 0) is 43.5 Å². The van der Waals surface area contributed by atoms with E-state index in [1.807, 2.05) is 31.3 Å². The third-order valence-corrected chi connectivity index (χ3v) is 3.42. The summed E-state index contributed by atoms with van der Waals surface area (Å²) in [7, 11) is 3.71. The summed E-state index contributed by atoms with van der Waals surface area (Å²) in [5.74, 6) is 0.865. The summed E-state index contributed by atoms with van der Waals surface area (Å²) in [5, 5.41) is 9.86. The van der Waals surface area contributed by atoms with E-state index in [1.165, 1.54) is 0 Å². The van der Waals surface area contributed by atoms with Crippen molar-refractivity contribution in [2.24, 2.45) is 0 Å². The van der Waals surface area contributed by atoms with Crippen LogP contribution >= 0.6 is 0 Å². The molecular weight excluding hydrogens is 202 g/mol. The maximum absolute atomic E-state index is 9.86. The average molecular weight is 221 g/mol. The topological polar surface area (TPSA) is 32.7 Å². The number of methoxy groups -OCH3 is 1. The van der Waals surface area contributed by atoms with Crippen molar-refractivity contribution in [2.45, 2.75) is 31.4 Å². The first-order chi connectivity index (χ1) is 7.72. The fourth-order valence-corrected chi connectivity index (χ4v) is 2.38. The Morgan fingerprint density at radius 1 is 1.25 bits per heavy atom.